The van der Waals surface area contributed by atoms with Gasteiger partial charge in [0.15, 0.2) is 0 Å². The van der Waals surface area contributed by atoms with Gasteiger partial charge < -0.3 is 20.3 Å². The van der Waals surface area contributed by atoms with E-state index in [0.29, 0.717) is 6.42 Å². The monoisotopic (exact) mass is 251 g/mol. The van der Waals surface area contributed by atoms with Crippen LogP contribution in [0.4, 0.5) is 5.82 Å². The molecule has 1 aromatic heterocycles. The summed E-state index contributed by atoms with van der Waals surface area (Å²) in [5.41, 5.74) is 4.93. The van der Waals surface area contributed by atoms with Crippen molar-refractivity contribution in [2.24, 2.45) is 0 Å². The molecule has 1 fully saturated rings. The number of nitrogens with two attached hydrogens (primary N) is 1. The van der Waals surface area contributed by atoms with Crippen LogP contribution in [0, 0.1) is 0 Å². The van der Waals surface area contributed by atoms with Crippen molar-refractivity contribution in [1.29, 1.82) is 0 Å². The molecule has 7 heteroatoms. The molecule has 0 amide bonds. The van der Waals surface area contributed by atoms with Crippen molar-refractivity contribution in [2.45, 2.75) is 31.0 Å². The summed E-state index contributed by atoms with van der Waals surface area (Å²) in [6.07, 6.45) is 3.28. The van der Waals surface area contributed by atoms with Crippen molar-refractivity contribution in [3.63, 3.8) is 0 Å². The Morgan fingerprint density at radius 2 is 2.33 bits per heavy atom. The molecule has 2 aliphatic heterocycles. The molecule has 0 radical (unpaired) electrons. The van der Waals surface area contributed by atoms with Crippen molar-refractivity contribution in [1.82, 2.24) is 9.55 Å². The summed E-state index contributed by atoms with van der Waals surface area (Å²) in [7, 11) is 0. The van der Waals surface area contributed by atoms with E-state index in [9.17, 15) is 9.90 Å². The molecule has 0 saturated carbocycles. The molecule has 3 N–H and O–H groups in total. The SMILES string of the molecule is Nc1ccn([C@H]2C[C@H](O)[C@@H](C3C=CO3)O2)c(=O)n1. The van der Waals surface area contributed by atoms with Crippen LogP contribution in [0.3, 0.4) is 0 Å². The van der Waals surface area contributed by atoms with Crippen molar-refractivity contribution in [3.8, 4) is 0 Å². The molecule has 18 heavy (non-hydrogen) atoms. The Labute approximate surface area is 102 Å². The summed E-state index contributed by atoms with van der Waals surface area (Å²) in [6.45, 7) is 0. The zero-order chi connectivity index (χ0) is 12.7. The lowest BCUT2D eigenvalue weighted by Crippen LogP contribution is -2.37. The molecule has 7 nitrogen and oxygen atoms in total. The second-order valence-electron chi connectivity index (χ2n) is 4.33. The van der Waals surface area contributed by atoms with E-state index in [2.05, 4.69) is 4.98 Å². The lowest BCUT2D eigenvalue weighted by Gasteiger charge is -2.27. The summed E-state index contributed by atoms with van der Waals surface area (Å²) in [4.78, 5) is 15.3. The first kappa shape index (κ1) is 11.2. The largest absolute Gasteiger partial charge is 0.491 e. The van der Waals surface area contributed by atoms with Crippen molar-refractivity contribution in [3.05, 3.63) is 35.1 Å². The van der Waals surface area contributed by atoms with E-state index in [1.165, 1.54) is 16.8 Å². The number of ether oxygens (including phenoxy) is 2. The maximum Gasteiger partial charge on any atom is 0.351 e. The van der Waals surface area contributed by atoms with Crippen molar-refractivity contribution >= 4 is 5.82 Å². The number of aliphatic hydroxyl groups is 1. The number of nitrogen functional groups attached to an aromatic ring is 1. The molecule has 96 valence electrons. The van der Waals surface area contributed by atoms with Gasteiger partial charge >= 0.3 is 5.69 Å². The van der Waals surface area contributed by atoms with Gasteiger partial charge in [0.2, 0.25) is 0 Å². The average Bonchev–Trinajstić information content (AvgIpc) is 2.58. The fourth-order valence-corrected chi connectivity index (χ4v) is 2.15. The Balaban J connectivity index is 1.82. The number of rotatable bonds is 2. The van der Waals surface area contributed by atoms with Gasteiger partial charge in [-0.2, -0.15) is 4.98 Å². The molecule has 2 aliphatic rings. The van der Waals surface area contributed by atoms with Crippen LogP contribution in [0.15, 0.2) is 29.4 Å². The normalized spacial score (nSPS) is 34.1. The maximum absolute atomic E-state index is 11.7. The average molecular weight is 251 g/mol. The molecule has 1 saturated heterocycles. The van der Waals surface area contributed by atoms with E-state index in [4.69, 9.17) is 15.2 Å². The second-order valence-corrected chi connectivity index (χ2v) is 4.33. The van der Waals surface area contributed by atoms with Gasteiger partial charge in [-0.3, -0.25) is 4.57 Å². The summed E-state index contributed by atoms with van der Waals surface area (Å²) in [6, 6.07) is 1.52. The highest BCUT2D eigenvalue weighted by Gasteiger charge is 2.41. The van der Waals surface area contributed by atoms with Crippen LogP contribution in [0.1, 0.15) is 12.6 Å². The summed E-state index contributed by atoms with van der Waals surface area (Å²) in [5.74, 6) is 0.164. The van der Waals surface area contributed by atoms with Crippen LogP contribution < -0.4 is 11.4 Å². The first-order chi connectivity index (χ1) is 8.65. The lowest BCUT2D eigenvalue weighted by atomic mass is 10.1. The number of anilines is 1. The molecule has 3 heterocycles. The van der Waals surface area contributed by atoms with E-state index < -0.39 is 24.1 Å². The number of aromatic nitrogens is 2. The second kappa shape index (κ2) is 4.11. The Bertz CT molecular complexity index is 541. The van der Waals surface area contributed by atoms with Gasteiger partial charge in [0.05, 0.1) is 12.4 Å². The van der Waals surface area contributed by atoms with Crippen LogP contribution in [0.2, 0.25) is 0 Å². The van der Waals surface area contributed by atoms with E-state index in [0.717, 1.165) is 0 Å². The predicted octanol–water partition coefficient (Wildman–Crippen LogP) is -0.614. The Hall–Kier alpha value is -1.86. The molecule has 0 aromatic carbocycles. The van der Waals surface area contributed by atoms with Gasteiger partial charge in [0, 0.05) is 12.6 Å². The van der Waals surface area contributed by atoms with E-state index in [1.54, 1.807) is 12.3 Å². The number of hydrogen-bond acceptors (Lipinski definition) is 6. The zero-order valence-corrected chi connectivity index (χ0v) is 9.47. The molecule has 0 aliphatic carbocycles. The number of hydrogen-bond donors (Lipinski definition) is 2. The van der Waals surface area contributed by atoms with Crippen molar-refractivity contribution in [2.75, 3.05) is 5.73 Å². The van der Waals surface area contributed by atoms with Gasteiger partial charge in [-0.1, -0.05) is 0 Å². The highest BCUT2D eigenvalue weighted by atomic mass is 16.6. The Kier molecular flexibility index (Phi) is 2.57. The van der Waals surface area contributed by atoms with Gasteiger partial charge in [-0.25, -0.2) is 4.79 Å². The summed E-state index contributed by atoms with van der Waals surface area (Å²) in [5, 5.41) is 9.90. The van der Waals surface area contributed by atoms with Crippen molar-refractivity contribution < 1.29 is 14.6 Å². The van der Waals surface area contributed by atoms with Crippen LogP contribution in [-0.4, -0.2) is 33.0 Å². The molecule has 4 atom stereocenters. The fourth-order valence-electron chi connectivity index (χ4n) is 2.15. The fraction of sp³-hybridized carbons (Fsp3) is 0.455. The minimum Gasteiger partial charge on any atom is -0.491 e. The standard InChI is InChI=1S/C11H13N3O4/c12-8-1-3-14(11(16)13-8)9-5-6(15)10(18-9)7-2-4-17-7/h1-4,6-7,9-10,15H,5H2,(H2,12,13,16)/t6-,7?,9+,10-/m0/s1. The lowest BCUT2D eigenvalue weighted by molar-refractivity contribution is -0.0839. The third-order valence-corrected chi connectivity index (χ3v) is 3.13. The first-order valence-electron chi connectivity index (χ1n) is 5.65. The van der Waals surface area contributed by atoms with Crippen LogP contribution in [0.25, 0.3) is 0 Å². The molecule has 3 rings (SSSR count). The van der Waals surface area contributed by atoms with Gasteiger partial charge in [-0.05, 0) is 12.1 Å². The van der Waals surface area contributed by atoms with E-state index >= 15 is 0 Å². The minimum absolute atomic E-state index is 0.164. The summed E-state index contributed by atoms with van der Waals surface area (Å²) >= 11 is 0. The third-order valence-electron chi connectivity index (χ3n) is 3.13. The maximum atomic E-state index is 11.7. The summed E-state index contributed by atoms with van der Waals surface area (Å²) < 4.78 is 12.1. The highest BCUT2D eigenvalue weighted by Crippen LogP contribution is 2.32. The predicted molar refractivity (Wildman–Crippen MR) is 61.5 cm³/mol. The van der Waals surface area contributed by atoms with Crippen LogP contribution in [0.5, 0.6) is 0 Å². The molecular weight excluding hydrogens is 238 g/mol. The number of aliphatic hydroxyl groups excluding tert-OH is 1. The van der Waals surface area contributed by atoms with Crippen LogP contribution >= 0.6 is 0 Å². The smallest absolute Gasteiger partial charge is 0.351 e. The molecular formula is C11H13N3O4. The minimum atomic E-state index is -0.672. The van der Waals surface area contributed by atoms with E-state index in [-0.39, 0.29) is 11.9 Å². The Morgan fingerprint density at radius 1 is 1.56 bits per heavy atom. The molecule has 1 unspecified atom stereocenters. The first-order valence-corrected chi connectivity index (χ1v) is 5.65. The molecule has 0 spiro atoms. The van der Waals surface area contributed by atoms with Gasteiger partial charge in [0.1, 0.15) is 24.3 Å². The third kappa shape index (κ3) is 1.77. The van der Waals surface area contributed by atoms with Gasteiger partial charge in [0.25, 0.3) is 0 Å². The molecule has 0 bridgehead atoms. The van der Waals surface area contributed by atoms with Gasteiger partial charge in [-0.15, -0.1) is 0 Å². The zero-order valence-electron chi connectivity index (χ0n) is 9.47. The number of nitrogens with zero attached hydrogens (tertiary/aromatic N) is 2. The highest BCUT2D eigenvalue weighted by molar-refractivity contribution is 5.23. The molecule has 1 aromatic rings. The quantitative estimate of drug-likeness (QED) is 0.727. The van der Waals surface area contributed by atoms with E-state index in [1.807, 2.05) is 0 Å². The topological polar surface area (TPSA) is 99.6 Å². The Morgan fingerprint density at radius 3 is 2.94 bits per heavy atom. The van der Waals surface area contributed by atoms with Crippen LogP contribution in [-0.2, 0) is 9.47 Å².